The van der Waals surface area contributed by atoms with Gasteiger partial charge in [0.1, 0.15) is 5.75 Å². The fourth-order valence-electron chi connectivity index (χ4n) is 2.14. The van der Waals surface area contributed by atoms with Crippen LogP contribution in [0.3, 0.4) is 0 Å². The third kappa shape index (κ3) is 4.87. The highest BCUT2D eigenvalue weighted by Gasteiger charge is 2.17. The lowest BCUT2D eigenvalue weighted by molar-refractivity contribution is -0.164. The van der Waals surface area contributed by atoms with Gasteiger partial charge in [0.15, 0.2) is 5.70 Å². The number of hydrogen-bond donors (Lipinski definition) is 3. The molecular weight excluding hydrogens is 338 g/mol. The lowest BCUT2D eigenvalue weighted by Gasteiger charge is -2.12. The molecule has 0 spiro atoms. The average Bonchev–Trinajstić information content (AvgIpc) is 2.62. The first-order valence-electron chi connectivity index (χ1n) is 7.92. The summed E-state index contributed by atoms with van der Waals surface area (Å²) in [4.78, 5) is 23.0. The third-order valence-corrected chi connectivity index (χ3v) is 3.49. The maximum absolute atomic E-state index is 12.0. The number of carbonyl (C=O) groups is 2. The number of carbonyl (C=O) groups excluding carboxylic acids is 2. The van der Waals surface area contributed by atoms with Gasteiger partial charge in [-0.15, -0.1) is 0 Å². The fraction of sp³-hybridized carbons (Fsp3) is 0.222. The van der Waals surface area contributed by atoms with Crippen LogP contribution in [0.4, 0.5) is 0 Å². The second kappa shape index (κ2) is 8.72. The number of hydrogen-bond acceptors (Lipinski definition) is 8. The first-order valence-corrected chi connectivity index (χ1v) is 7.92. The van der Waals surface area contributed by atoms with Gasteiger partial charge in [0.05, 0.1) is 0 Å². The predicted octanol–water partition coefficient (Wildman–Crippen LogP) is 1.57. The van der Waals surface area contributed by atoms with Crippen molar-refractivity contribution in [2.24, 2.45) is 11.6 Å². The monoisotopic (exact) mass is 359 g/mol. The maximum Gasteiger partial charge on any atom is 0.364 e. The van der Waals surface area contributed by atoms with Crippen LogP contribution >= 0.6 is 0 Å². The van der Waals surface area contributed by atoms with Gasteiger partial charge in [-0.25, -0.2) is 4.79 Å². The summed E-state index contributed by atoms with van der Waals surface area (Å²) in [6.07, 6.45) is 0.169. The normalized spacial score (nSPS) is 11.5. The zero-order valence-corrected chi connectivity index (χ0v) is 14.6. The molecule has 0 amide bonds. The summed E-state index contributed by atoms with van der Waals surface area (Å²) >= 11 is 0. The van der Waals surface area contributed by atoms with E-state index >= 15 is 0 Å². The van der Waals surface area contributed by atoms with E-state index in [4.69, 9.17) is 21.1 Å². The Morgan fingerprint density at radius 2 is 1.77 bits per heavy atom. The van der Waals surface area contributed by atoms with Crippen LogP contribution in [0.15, 0.2) is 48.0 Å². The highest BCUT2D eigenvalue weighted by Crippen LogP contribution is 2.23. The van der Waals surface area contributed by atoms with Crippen molar-refractivity contribution in [3.8, 4) is 5.75 Å². The highest BCUT2D eigenvalue weighted by molar-refractivity contribution is 5.88. The molecule has 2 rings (SSSR count). The zero-order valence-electron chi connectivity index (χ0n) is 14.6. The molecular formula is C18H21N3O5. The van der Waals surface area contributed by atoms with Gasteiger partial charge < -0.3 is 25.4 Å². The molecule has 0 aromatic heterocycles. The molecule has 0 aliphatic carbocycles. The lowest BCUT2D eigenvalue weighted by atomic mass is 10.1. The molecule has 0 bridgehead atoms. The number of fused-ring (bicyclic) bond motifs is 1. The van der Waals surface area contributed by atoms with E-state index in [0.717, 1.165) is 16.3 Å². The minimum atomic E-state index is -0.912. The van der Waals surface area contributed by atoms with Crippen molar-refractivity contribution in [2.45, 2.75) is 20.3 Å². The largest absolute Gasteiger partial charge is 0.439 e. The predicted molar refractivity (Wildman–Crippen MR) is 95.2 cm³/mol. The molecule has 2 aromatic rings. The minimum Gasteiger partial charge on any atom is -0.439 e. The van der Waals surface area contributed by atoms with Crippen LogP contribution in [0, 0.1) is 6.92 Å². The molecule has 8 heteroatoms. The van der Waals surface area contributed by atoms with Crippen LogP contribution in [0.5, 0.6) is 5.75 Å². The SMILES string of the molecule is CCC(=O)OCOC(=O)/C(NN)=C(/N)Oc1ccc2cc(C)ccc2c1. The van der Waals surface area contributed by atoms with Crippen molar-refractivity contribution in [1.29, 1.82) is 0 Å². The summed E-state index contributed by atoms with van der Waals surface area (Å²) in [7, 11) is 0. The quantitative estimate of drug-likeness (QED) is 0.170. The smallest absolute Gasteiger partial charge is 0.364 e. The maximum atomic E-state index is 12.0. The topological polar surface area (TPSA) is 126 Å². The molecule has 0 atom stereocenters. The van der Waals surface area contributed by atoms with E-state index < -0.39 is 18.7 Å². The van der Waals surface area contributed by atoms with Gasteiger partial charge in [0.25, 0.3) is 0 Å². The molecule has 0 radical (unpaired) electrons. The van der Waals surface area contributed by atoms with Gasteiger partial charge >= 0.3 is 11.9 Å². The number of esters is 2. The number of hydrazine groups is 1. The van der Waals surface area contributed by atoms with Gasteiger partial charge in [-0.05, 0) is 29.8 Å². The first-order chi connectivity index (χ1) is 12.4. The van der Waals surface area contributed by atoms with E-state index in [1.165, 1.54) is 0 Å². The number of rotatable bonds is 7. The Morgan fingerprint density at radius 3 is 2.46 bits per heavy atom. The highest BCUT2D eigenvalue weighted by atomic mass is 16.7. The van der Waals surface area contributed by atoms with Gasteiger partial charge in [0.2, 0.25) is 12.7 Å². The Balaban J connectivity index is 2.10. The van der Waals surface area contributed by atoms with E-state index in [0.29, 0.717) is 5.75 Å². The number of nitrogens with two attached hydrogens (primary N) is 2. The van der Waals surface area contributed by atoms with Crippen molar-refractivity contribution < 1.29 is 23.8 Å². The lowest BCUT2D eigenvalue weighted by Crippen LogP contribution is -2.33. The summed E-state index contributed by atoms with van der Waals surface area (Å²) in [5, 5.41) is 2.01. The minimum absolute atomic E-state index is 0.169. The third-order valence-electron chi connectivity index (χ3n) is 3.49. The molecule has 0 aliphatic heterocycles. The molecule has 0 heterocycles. The molecule has 0 aliphatic rings. The number of benzene rings is 2. The Morgan fingerprint density at radius 1 is 1.08 bits per heavy atom. The van der Waals surface area contributed by atoms with Crippen LogP contribution in [0.25, 0.3) is 10.8 Å². The van der Waals surface area contributed by atoms with E-state index in [-0.39, 0.29) is 18.0 Å². The Bertz CT molecular complexity index is 848. The molecule has 2 aromatic carbocycles. The second-order valence-corrected chi connectivity index (χ2v) is 5.42. The Kier molecular flexibility index (Phi) is 6.40. The first kappa shape index (κ1) is 19.1. The number of nitrogens with one attached hydrogen (secondary N) is 1. The van der Waals surface area contributed by atoms with Crippen LogP contribution in [-0.2, 0) is 19.1 Å². The fourth-order valence-corrected chi connectivity index (χ4v) is 2.14. The second-order valence-electron chi connectivity index (χ2n) is 5.42. The van der Waals surface area contributed by atoms with Crippen molar-refractivity contribution in [2.75, 3.05) is 6.79 Å². The van der Waals surface area contributed by atoms with Gasteiger partial charge in [-0.3, -0.25) is 10.6 Å². The molecule has 5 N–H and O–H groups in total. The molecule has 26 heavy (non-hydrogen) atoms. The number of ether oxygens (including phenoxy) is 3. The zero-order chi connectivity index (χ0) is 19.1. The van der Waals surface area contributed by atoms with Crippen molar-refractivity contribution in [3.05, 3.63) is 53.5 Å². The summed E-state index contributed by atoms with van der Waals surface area (Å²) in [5.74, 6) is 4.06. The molecule has 138 valence electrons. The van der Waals surface area contributed by atoms with Crippen molar-refractivity contribution >= 4 is 22.7 Å². The van der Waals surface area contributed by atoms with Crippen LogP contribution in [-0.4, -0.2) is 18.7 Å². The standard InChI is InChI=1S/C18H21N3O5/c1-3-15(22)24-10-25-18(23)16(21-20)17(19)26-14-7-6-12-8-11(2)4-5-13(12)9-14/h4-9,21H,3,10,19-20H2,1-2H3/b17-16+. The van der Waals surface area contributed by atoms with Crippen LogP contribution in [0.2, 0.25) is 0 Å². The summed E-state index contributed by atoms with van der Waals surface area (Å²) in [6, 6.07) is 11.4. The van der Waals surface area contributed by atoms with Crippen LogP contribution in [0.1, 0.15) is 18.9 Å². The van der Waals surface area contributed by atoms with E-state index in [2.05, 4.69) is 10.2 Å². The van der Waals surface area contributed by atoms with Crippen molar-refractivity contribution in [1.82, 2.24) is 5.43 Å². The van der Waals surface area contributed by atoms with Gasteiger partial charge in [-0.2, -0.15) is 0 Å². The van der Waals surface area contributed by atoms with E-state index in [1.807, 2.05) is 31.2 Å². The Hall–Kier alpha value is -3.26. The van der Waals surface area contributed by atoms with Crippen molar-refractivity contribution in [3.63, 3.8) is 0 Å². The van der Waals surface area contributed by atoms with Gasteiger partial charge in [-0.1, -0.05) is 36.8 Å². The number of aryl methyl sites for hydroxylation is 1. The summed E-state index contributed by atoms with van der Waals surface area (Å²) < 4.78 is 14.9. The average molecular weight is 359 g/mol. The molecule has 0 saturated heterocycles. The molecule has 0 saturated carbocycles. The summed E-state index contributed by atoms with van der Waals surface area (Å²) in [5.41, 5.74) is 8.78. The van der Waals surface area contributed by atoms with E-state index in [9.17, 15) is 9.59 Å². The van der Waals surface area contributed by atoms with Crippen LogP contribution < -0.4 is 21.7 Å². The molecule has 0 fully saturated rings. The van der Waals surface area contributed by atoms with Gasteiger partial charge in [0, 0.05) is 6.42 Å². The molecule has 0 unspecified atom stereocenters. The summed E-state index contributed by atoms with van der Waals surface area (Å²) in [6.45, 7) is 3.08. The molecule has 8 nitrogen and oxygen atoms in total. The Labute approximate surface area is 150 Å². The van der Waals surface area contributed by atoms with E-state index in [1.54, 1.807) is 19.1 Å².